The maximum atomic E-state index is 13.4. The van der Waals surface area contributed by atoms with E-state index in [0.717, 1.165) is 31.4 Å². The molecule has 0 aliphatic heterocycles. The Labute approximate surface area is 171 Å². The van der Waals surface area contributed by atoms with Crippen LogP contribution in [0, 0.1) is 5.82 Å². The molecule has 5 nitrogen and oxygen atoms in total. The minimum absolute atomic E-state index is 0.124. The van der Waals surface area contributed by atoms with Gasteiger partial charge >= 0.3 is 0 Å². The monoisotopic (exact) mass is 400 g/mol. The van der Waals surface area contributed by atoms with Crippen LogP contribution in [-0.2, 0) is 4.79 Å². The Balaban J connectivity index is 1.83. The molecule has 0 aromatic heterocycles. The number of nitrogens with one attached hydrogen (secondary N) is 2. The minimum atomic E-state index is -0.627. The van der Waals surface area contributed by atoms with Crippen LogP contribution in [0.4, 0.5) is 10.1 Å². The third kappa shape index (κ3) is 6.11. The van der Waals surface area contributed by atoms with Gasteiger partial charge in [-0.1, -0.05) is 26.0 Å². The summed E-state index contributed by atoms with van der Waals surface area (Å²) in [5, 5.41) is 6.30. The first-order valence-electron chi connectivity index (χ1n) is 10.3. The van der Waals surface area contributed by atoms with E-state index >= 15 is 0 Å². The van der Waals surface area contributed by atoms with E-state index in [0.29, 0.717) is 30.3 Å². The number of hydrogen-bond acceptors (Lipinski definition) is 4. The Morgan fingerprint density at radius 1 is 1.03 bits per heavy atom. The topological polar surface area (TPSA) is 59.6 Å². The van der Waals surface area contributed by atoms with E-state index in [-0.39, 0.29) is 17.8 Å². The molecule has 0 radical (unpaired) electrons. The Morgan fingerprint density at radius 2 is 1.69 bits per heavy atom. The lowest BCUT2D eigenvalue weighted by molar-refractivity contribution is -0.122. The van der Waals surface area contributed by atoms with Gasteiger partial charge in [0.15, 0.2) is 11.5 Å². The van der Waals surface area contributed by atoms with Crippen molar-refractivity contribution in [2.45, 2.75) is 51.6 Å². The lowest BCUT2D eigenvalue weighted by atomic mass is 10.1. The second kappa shape index (κ2) is 10.1. The summed E-state index contributed by atoms with van der Waals surface area (Å²) in [5.41, 5.74) is 1.44. The number of benzene rings is 2. The minimum Gasteiger partial charge on any atom is -0.490 e. The van der Waals surface area contributed by atoms with Gasteiger partial charge in [0.2, 0.25) is 5.91 Å². The lowest BCUT2D eigenvalue weighted by Gasteiger charge is -2.21. The molecular formula is C23H29FN2O3. The molecule has 1 unspecified atom stereocenters. The zero-order chi connectivity index (χ0) is 20.6. The summed E-state index contributed by atoms with van der Waals surface area (Å²) in [7, 11) is 0. The molecule has 1 atom stereocenters. The molecule has 1 fully saturated rings. The van der Waals surface area contributed by atoms with Crippen molar-refractivity contribution in [3.05, 3.63) is 53.8 Å². The summed E-state index contributed by atoms with van der Waals surface area (Å²) in [6, 6.07) is 11.2. The molecule has 2 aromatic carbocycles. The van der Waals surface area contributed by atoms with E-state index < -0.39 is 6.04 Å². The van der Waals surface area contributed by atoms with Crippen LogP contribution in [0.2, 0.25) is 0 Å². The van der Waals surface area contributed by atoms with Gasteiger partial charge in [-0.2, -0.15) is 0 Å². The molecule has 2 N–H and O–H groups in total. The maximum absolute atomic E-state index is 13.4. The van der Waals surface area contributed by atoms with Gasteiger partial charge in [-0.05, 0) is 55.5 Å². The number of ether oxygens (including phenoxy) is 2. The third-order valence-electron chi connectivity index (χ3n) is 4.57. The van der Waals surface area contributed by atoms with Crippen LogP contribution in [0.15, 0.2) is 42.5 Å². The number of carbonyl (C=O) groups is 1. The van der Waals surface area contributed by atoms with Gasteiger partial charge in [-0.15, -0.1) is 0 Å². The highest BCUT2D eigenvalue weighted by Gasteiger charge is 2.28. The smallest absolute Gasteiger partial charge is 0.247 e. The fourth-order valence-corrected chi connectivity index (χ4v) is 2.89. The van der Waals surface area contributed by atoms with Crippen molar-refractivity contribution in [1.29, 1.82) is 0 Å². The third-order valence-corrected chi connectivity index (χ3v) is 4.57. The number of halogens is 1. The highest BCUT2D eigenvalue weighted by molar-refractivity contribution is 5.86. The number of rotatable bonds is 11. The van der Waals surface area contributed by atoms with Crippen molar-refractivity contribution in [3.63, 3.8) is 0 Å². The second-order valence-corrected chi connectivity index (χ2v) is 7.27. The summed E-state index contributed by atoms with van der Waals surface area (Å²) in [5.74, 6) is 0.876. The van der Waals surface area contributed by atoms with Crippen molar-refractivity contribution in [1.82, 2.24) is 5.32 Å². The molecule has 156 valence electrons. The standard InChI is InChI=1S/C23H29FN2O3/c1-3-13-28-20-12-11-19(15-21(20)29-14-4-2)25-22(23(27)26-18-9-10-18)16-5-7-17(24)8-6-16/h5-8,11-12,15,18,22,25H,3-4,9-10,13-14H2,1-2H3,(H,26,27). The summed E-state index contributed by atoms with van der Waals surface area (Å²) in [6.07, 6.45) is 3.79. The molecule has 1 aliphatic carbocycles. The van der Waals surface area contributed by atoms with E-state index in [9.17, 15) is 9.18 Å². The van der Waals surface area contributed by atoms with E-state index in [4.69, 9.17) is 9.47 Å². The van der Waals surface area contributed by atoms with Crippen LogP contribution in [0.5, 0.6) is 11.5 Å². The SMILES string of the molecule is CCCOc1ccc(NC(C(=O)NC2CC2)c2ccc(F)cc2)cc1OCCC. The van der Waals surface area contributed by atoms with Crippen molar-refractivity contribution in [2.75, 3.05) is 18.5 Å². The first kappa shape index (κ1) is 21.0. The maximum Gasteiger partial charge on any atom is 0.247 e. The van der Waals surface area contributed by atoms with E-state index in [1.54, 1.807) is 12.1 Å². The van der Waals surface area contributed by atoms with E-state index in [2.05, 4.69) is 10.6 Å². The zero-order valence-electron chi connectivity index (χ0n) is 17.0. The molecule has 0 saturated heterocycles. The van der Waals surface area contributed by atoms with Crippen molar-refractivity contribution in [2.24, 2.45) is 0 Å². The predicted octanol–water partition coefficient (Wildman–Crippen LogP) is 4.84. The van der Waals surface area contributed by atoms with Crippen LogP contribution in [0.3, 0.4) is 0 Å². The van der Waals surface area contributed by atoms with Gasteiger partial charge in [-0.25, -0.2) is 4.39 Å². The molecule has 2 aromatic rings. The fraction of sp³-hybridized carbons (Fsp3) is 0.435. The summed E-state index contributed by atoms with van der Waals surface area (Å²) in [6.45, 7) is 5.28. The lowest BCUT2D eigenvalue weighted by Crippen LogP contribution is -2.34. The van der Waals surface area contributed by atoms with Gasteiger partial charge in [0, 0.05) is 17.8 Å². The molecule has 1 aliphatic rings. The quantitative estimate of drug-likeness (QED) is 0.567. The Morgan fingerprint density at radius 3 is 2.31 bits per heavy atom. The molecule has 29 heavy (non-hydrogen) atoms. The van der Waals surface area contributed by atoms with Crippen molar-refractivity contribution >= 4 is 11.6 Å². The molecular weight excluding hydrogens is 371 g/mol. The molecule has 1 amide bonds. The predicted molar refractivity (Wildman–Crippen MR) is 112 cm³/mol. The number of anilines is 1. The van der Waals surface area contributed by atoms with Gasteiger partial charge in [0.1, 0.15) is 11.9 Å². The highest BCUT2D eigenvalue weighted by atomic mass is 19.1. The van der Waals surface area contributed by atoms with E-state index in [1.807, 2.05) is 32.0 Å². The van der Waals surface area contributed by atoms with Gasteiger partial charge in [0.05, 0.1) is 13.2 Å². The Kier molecular flexibility index (Phi) is 7.33. The van der Waals surface area contributed by atoms with E-state index in [1.165, 1.54) is 12.1 Å². The van der Waals surface area contributed by atoms with Crippen LogP contribution in [-0.4, -0.2) is 25.2 Å². The van der Waals surface area contributed by atoms with Crippen LogP contribution >= 0.6 is 0 Å². The van der Waals surface area contributed by atoms with Crippen LogP contribution < -0.4 is 20.1 Å². The fourth-order valence-electron chi connectivity index (χ4n) is 2.89. The number of carbonyl (C=O) groups excluding carboxylic acids is 1. The second-order valence-electron chi connectivity index (χ2n) is 7.27. The van der Waals surface area contributed by atoms with Gasteiger partial charge in [-0.3, -0.25) is 4.79 Å². The normalized spacial score (nSPS) is 14.2. The van der Waals surface area contributed by atoms with Gasteiger partial charge in [0.25, 0.3) is 0 Å². The largest absolute Gasteiger partial charge is 0.490 e. The van der Waals surface area contributed by atoms with Crippen molar-refractivity contribution < 1.29 is 18.7 Å². The molecule has 0 heterocycles. The number of hydrogen-bond donors (Lipinski definition) is 2. The van der Waals surface area contributed by atoms with Crippen molar-refractivity contribution in [3.8, 4) is 11.5 Å². The van der Waals surface area contributed by atoms with Crippen LogP contribution in [0.25, 0.3) is 0 Å². The van der Waals surface area contributed by atoms with Gasteiger partial charge < -0.3 is 20.1 Å². The first-order chi connectivity index (χ1) is 14.1. The molecule has 1 saturated carbocycles. The highest BCUT2D eigenvalue weighted by Crippen LogP contribution is 2.33. The summed E-state index contributed by atoms with van der Waals surface area (Å²) < 4.78 is 25.0. The summed E-state index contributed by atoms with van der Waals surface area (Å²) >= 11 is 0. The molecule has 0 spiro atoms. The average molecular weight is 400 g/mol. The Bertz CT molecular complexity index is 806. The number of amides is 1. The molecule has 3 rings (SSSR count). The molecule has 6 heteroatoms. The average Bonchev–Trinajstić information content (AvgIpc) is 3.54. The summed E-state index contributed by atoms with van der Waals surface area (Å²) in [4.78, 5) is 12.8. The Hall–Kier alpha value is -2.76. The van der Waals surface area contributed by atoms with Crippen LogP contribution in [0.1, 0.15) is 51.1 Å². The molecule has 0 bridgehead atoms. The zero-order valence-corrected chi connectivity index (χ0v) is 17.0. The first-order valence-corrected chi connectivity index (χ1v) is 10.3.